The molecule has 4 heteroatoms. The molecular formula is C17H18FN3. The van der Waals surface area contributed by atoms with Gasteiger partial charge in [0.1, 0.15) is 5.82 Å². The summed E-state index contributed by atoms with van der Waals surface area (Å²) in [6.45, 7) is 7.35. The average molecular weight is 283 g/mol. The predicted octanol–water partition coefficient (Wildman–Crippen LogP) is 1.83. The van der Waals surface area contributed by atoms with E-state index in [4.69, 9.17) is 11.5 Å². The molecule has 2 aromatic rings. The normalized spacial score (nSPS) is 12.7. The Kier molecular flexibility index (Phi) is 4.08. The van der Waals surface area contributed by atoms with E-state index in [0.717, 1.165) is 16.0 Å². The third kappa shape index (κ3) is 2.94. The lowest BCUT2D eigenvalue weighted by atomic mass is 9.99. The molecule has 4 N–H and O–H groups in total. The van der Waals surface area contributed by atoms with Crippen LogP contribution in [0, 0.1) is 12.7 Å². The van der Waals surface area contributed by atoms with E-state index in [-0.39, 0.29) is 5.82 Å². The van der Waals surface area contributed by atoms with Gasteiger partial charge in [-0.2, -0.15) is 0 Å². The van der Waals surface area contributed by atoms with Crippen LogP contribution >= 0.6 is 0 Å². The molecule has 0 bridgehead atoms. The van der Waals surface area contributed by atoms with Gasteiger partial charge >= 0.3 is 0 Å². The second kappa shape index (κ2) is 5.79. The molecule has 0 atom stereocenters. The number of allylic oxidation sites excluding steroid dienone is 1. The number of anilines is 1. The van der Waals surface area contributed by atoms with E-state index in [2.05, 4.69) is 11.6 Å². The van der Waals surface area contributed by atoms with Gasteiger partial charge in [-0.3, -0.25) is 4.98 Å². The third-order valence-corrected chi connectivity index (χ3v) is 3.37. The molecule has 0 fully saturated rings. The Labute approximate surface area is 123 Å². The Balaban J connectivity index is 2.83. The van der Waals surface area contributed by atoms with Crippen LogP contribution in [0.1, 0.15) is 12.5 Å². The molecule has 0 aliphatic carbocycles. The minimum atomic E-state index is -0.321. The Morgan fingerprint density at radius 1 is 1.24 bits per heavy atom. The first-order valence-electron chi connectivity index (χ1n) is 6.56. The molecule has 0 amide bonds. The molecule has 0 saturated carbocycles. The summed E-state index contributed by atoms with van der Waals surface area (Å²) in [5.74, 6) is -0.321. The molecule has 1 heterocycles. The summed E-state index contributed by atoms with van der Waals surface area (Å²) in [7, 11) is 0. The SMILES string of the molecule is C=C(N)/C=c1/cc(-c2cncc(N)c2C)c(F)c/c1=C/C. The van der Waals surface area contributed by atoms with Crippen LogP contribution in [0.3, 0.4) is 0 Å². The first-order chi connectivity index (χ1) is 9.93. The zero-order valence-electron chi connectivity index (χ0n) is 12.2. The van der Waals surface area contributed by atoms with Gasteiger partial charge in [-0.15, -0.1) is 0 Å². The number of nitrogen functional groups attached to an aromatic ring is 1. The van der Waals surface area contributed by atoms with Gasteiger partial charge in [-0.1, -0.05) is 12.7 Å². The monoisotopic (exact) mass is 283 g/mol. The van der Waals surface area contributed by atoms with Crippen LogP contribution in [0.15, 0.2) is 36.8 Å². The number of aromatic nitrogens is 1. The van der Waals surface area contributed by atoms with Crippen molar-refractivity contribution in [3.63, 3.8) is 0 Å². The summed E-state index contributed by atoms with van der Waals surface area (Å²) in [5, 5.41) is 1.57. The fourth-order valence-electron chi connectivity index (χ4n) is 2.20. The molecule has 108 valence electrons. The lowest BCUT2D eigenvalue weighted by Gasteiger charge is -2.09. The van der Waals surface area contributed by atoms with Crippen molar-refractivity contribution in [1.82, 2.24) is 4.98 Å². The van der Waals surface area contributed by atoms with Crippen LogP contribution < -0.4 is 21.9 Å². The highest BCUT2D eigenvalue weighted by atomic mass is 19.1. The van der Waals surface area contributed by atoms with Gasteiger partial charge in [0, 0.05) is 23.0 Å². The fourth-order valence-corrected chi connectivity index (χ4v) is 2.20. The molecule has 2 rings (SSSR count). The number of hydrogen-bond acceptors (Lipinski definition) is 3. The Bertz CT molecular complexity index is 823. The summed E-state index contributed by atoms with van der Waals surface area (Å²) >= 11 is 0. The second-order valence-corrected chi connectivity index (χ2v) is 4.87. The molecule has 0 spiro atoms. The molecule has 0 aliphatic rings. The Morgan fingerprint density at radius 3 is 2.57 bits per heavy atom. The molecule has 0 saturated heterocycles. The Hall–Kier alpha value is -2.62. The van der Waals surface area contributed by atoms with E-state index in [1.165, 1.54) is 6.07 Å². The molecule has 0 radical (unpaired) electrons. The number of rotatable bonds is 2. The first-order valence-corrected chi connectivity index (χ1v) is 6.56. The average Bonchev–Trinajstić information content (AvgIpc) is 2.43. The van der Waals surface area contributed by atoms with Crippen LogP contribution in [-0.4, -0.2) is 4.98 Å². The molecule has 1 aromatic carbocycles. The van der Waals surface area contributed by atoms with Crippen molar-refractivity contribution in [3.05, 3.63) is 58.6 Å². The molecule has 21 heavy (non-hydrogen) atoms. The highest BCUT2D eigenvalue weighted by Gasteiger charge is 2.10. The number of halogens is 1. The van der Waals surface area contributed by atoms with Gasteiger partial charge in [0.05, 0.1) is 11.9 Å². The summed E-state index contributed by atoms with van der Waals surface area (Å²) < 4.78 is 14.4. The van der Waals surface area contributed by atoms with Crippen molar-refractivity contribution < 1.29 is 4.39 Å². The summed E-state index contributed by atoms with van der Waals surface area (Å²) in [6, 6.07) is 3.22. The van der Waals surface area contributed by atoms with E-state index in [1.54, 1.807) is 24.5 Å². The number of pyridine rings is 1. The maximum Gasteiger partial charge on any atom is 0.131 e. The lowest BCUT2D eigenvalue weighted by molar-refractivity contribution is 0.629. The van der Waals surface area contributed by atoms with Crippen molar-refractivity contribution in [2.75, 3.05) is 5.73 Å². The summed E-state index contributed by atoms with van der Waals surface area (Å²) in [6.07, 6.45) is 6.71. The molecular weight excluding hydrogens is 265 g/mol. The minimum Gasteiger partial charge on any atom is -0.399 e. The van der Waals surface area contributed by atoms with Crippen molar-refractivity contribution >= 4 is 17.8 Å². The van der Waals surface area contributed by atoms with Gasteiger partial charge < -0.3 is 11.5 Å². The van der Waals surface area contributed by atoms with E-state index in [0.29, 0.717) is 22.5 Å². The van der Waals surface area contributed by atoms with E-state index in [9.17, 15) is 4.39 Å². The minimum absolute atomic E-state index is 0.321. The Morgan fingerprint density at radius 2 is 1.95 bits per heavy atom. The largest absolute Gasteiger partial charge is 0.399 e. The fraction of sp³-hybridized carbons (Fsp3) is 0.118. The maximum absolute atomic E-state index is 14.4. The molecule has 1 aromatic heterocycles. The van der Waals surface area contributed by atoms with Crippen LogP contribution in [0.2, 0.25) is 0 Å². The van der Waals surface area contributed by atoms with Gasteiger partial charge in [-0.25, -0.2) is 4.39 Å². The number of nitrogens with two attached hydrogens (primary N) is 2. The molecule has 0 aliphatic heterocycles. The van der Waals surface area contributed by atoms with Gasteiger partial charge in [0.2, 0.25) is 0 Å². The first kappa shape index (κ1) is 14.8. The molecule has 3 nitrogen and oxygen atoms in total. The van der Waals surface area contributed by atoms with Crippen LogP contribution in [0.25, 0.3) is 23.3 Å². The standard InChI is InChI=1S/C17H18FN3/c1-4-12-7-16(18)14(6-13(12)5-10(2)19)15-8-21-9-17(20)11(15)3/h4-9H,2,19-20H2,1,3H3/b12-4-,13-5-. The summed E-state index contributed by atoms with van der Waals surface area (Å²) in [4.78, 5) is 4.04. The van der Waals surface area contributed by atoms with Crippen molar-refractivity contribution in [2.24, 2.45) is 5.73 Å². The van der Waals surface area contributed by atoms with Crippen LogP contribution in [0.5, 0.6) is 0 Å². The lowest BCUT2D eigenvalue weighted by Crippen LogP contribution is -2.26. The quantitative estimate of drug-likeness (QED) is 0.883. The molecule has 0 unspecified atom stereocenters. The number of nitrogens with zero attached hydrogens (tertiary/aromatic N) is 1. The van der Waals surface area contributed by atoms with Crippen LogP contribution in [-0.2, 0) is 0 Å². The van der Waals surface area contributed by atoms with E-state index >= 15 is 0 Å². The second-order valence-electron chi connectivity index (χ2n) is 4.87. The smallest absolute Gasteiger partial charge is 0.131 e. The zero-order valence-corrected chi connectivity index (χ0v) is 12.2. The highest BCUT2D eigenvalue weighted by Crippen LogP contribution is 2.26. The van der Waals surface area contributed by atoms with Gasteiger partial charge in [0.15, 0.2) is 0 Å². The third-order valence-electron chi connectivity index (χ3n) is 3.37. The van der Waals surface area contributed by atoms with Gasteiger partial charge in [0.25, 0.3) is 0 Å². The number of benzene rings is 1. The van der Waals surface area contributed by atoms with Crippen molar-refractivity contribution in [3.8, 4) is 11.1 Å². The number of hydrogen-bond donors (Lipinski definition) is 2. The van der Waals surface area contributed by atoms with Crippen molar-refractivity contribution in [1.29, 1.82) is 0 Å². The zero-order chi connectivity index (χ0) is 15.6. The van der Waals surface area contributed by atoms with E-state index in [1.807, 2.05) is 19.9 Å². The summed E-state index contributed by atoms with van der Waals surface area (Å²) in [5.41, 5.74) is 14.4. The predicted molar refractivity (Wildman–Crippen MR) is 86.0 cm³/mol. The van der Waals surface area contributed by atoms with Crippen LogP contribution in [0.4, 0.5) is 10.1 Å². The van der Waals surface area contributed by atoms with Crippen molar-refractivity contribution in [2.45, 2.75) is 13.8 Å². The van der Waals surface area contributed by atoms with E-state index < -0.39 is 0 Å². The topological polar surface area (TPSA) is 64.9 Å². The maximum atomic E-state index is 14.4. The van der Waals surface area contributed by atoms with Gasteiger partial charge in [-0.05, 0) is 48.1 Å². The highest BCUT2D eigenvalue weighted by molar-refractivity contribution is 5.72.